The number of hydrogen-bond donors (Lipinski definition) is 1. The van der Waals surface area contributed by atoms with Crippen LogP contribution in [0.2, 0.25) is 0 Å². The summed E-state index contributed by atoms with van der Waals surface area (Å²) >= 11 is 0. The van der Waals surface area contributed by atoms with E-state index < -0.39 is 0 Å². The predicted octanol–water partition coefficient (Wildman–Crippen LogP) is 3.29. The molecule has 3 rings (SSSR count). The quantitative estimate of drug-likeness (QED) is 0.876. The summed E-state index contributed by atoms with van der Waals surface area (Å²) in [7, 11) is 0. The van der Waals surface area contributed by atoms with Crippen molar-refractivity contribution in [2.45, 2.75) is 39.2 Å². The van der Waals surface area contributed by atoms with Gasteiger partial charge in [0, 0.05) is 6.54 Å². The van der Waals surface area contributed by atoms with Gasteiger partial charge in [-0.2, -0.15) is 0 Å². The highest BCUT2D eigenvalue weighted by Gasteiger charge is 2.50. The fraction of sp³-hybridized carbons (Fsp3) is 0.611. The third kappa shape index (κ3) is 3.06. The molecule has 1 N–H and O–H groups in total. The second-order valence-electron chi connectivity index (χ2n) is 6.61. The molecule has 1 saturated heterocycles. The predicted molar refractivity (Wildman–Crippen MR) is 87.0 cm³/mol. The van der Waals surface area contributed by atoms with Gasteiger partial charge in [-0.05, 0) is 29.9 Å². The van der Waals surface area contributed by atoms with E-state index in [1.54, 1.807) is 0 Å². The molecule has 1 aliphatic heterocycles. The summed E-state index contributed by atoms with van der Waals surface area (Å²) in [6.07, 6.45) is 3.83. The molecule has 120 valence electrons. The third-order valence-electron chi connectivity index (χ3n) is 5.45. The van der Waals surface area contributed by atoms with Crippen LogP contribution in [0.1, 0.15) is 33.1 Å². The zero-order valence-corrected chi connectivity index (χ0v) is 13.5. The van der Waals surface area contributed by atoms with Gasteiger partial charge in [0.15, 0.2) is 0 Å². The number of ether oxygens (including phenoxy) is 1. The zero-order chi connectivity index (χ0) is 15.6. The van der Waals surface area contributed by atoms with Gasteiger partial charge >= 0.3 is 6.03 Å². The van der Waals surface area contributed by atoms with Gasteiger partial charge in [0.25, 0.3) is 0 Å². The highest BCUT2D eigenvalue weighted by atomic mass is 16.5. The van der Waals surface area contributed by atoms with Crippen LogP contribution in [-0.2, 0) is 0 Å². The number of carbonyl (C=O) groups is 1. The Labute approximate surface area is 132 Å². The minimum absolute atomic E-state index is 0.0564. The molecule has 2 amide bonds. The fourth-order valence-electron chi connectivity index (χ4n) is 3.53. The molecule has 1 aromatic carbocycles. The smallest absolute Gasteiger partial charge is 0.317 e. The number of amides is 2. The van der Waals surface area contributed by atoms with Crippen LogP contribution in [0.4, 0.5) is 4.79 Å². The summed E-state index contributed by atoms with van der Waals surface area (Å²) in [6, 6.07) is 9.85. The Bertz CT molecular complexity index is 507. The highest BCUT2D eigenvalue weighted by Crippen LogP contribution is 2.57. The zero-order valence-electron chi connectivity index (χ0n) is 13.5. The first-order valence-corrected chi connectivity index (χ1v) is 8.41. The molecule has 4 heteroatoms. The van der Waals surface area contributed by atoms with Crippen molar-refractivity contribution in [1.29, 1.82) is 0 Å². The molecule has 1 aliphatic carbocycles. The fourth-order valence-corrected chi connectivity index (χ4v) is 3.53. The molecular weight excluding hydrogens is 276 g/mol. The largest absolute Gasteiger partial charge is 0.487 e. The molecule has 0 aromatic heterocycles. The minimum atomic E-state index is 0.0564. The van der Waals surface area contributed by atoms with Gasteiger partial charge in [-0.25, -0.2) is 4.79 Å². The number of carbonyl (C=O) groups excluding carboxylic acids is 1. The molecule has 2 aliphatic rings. The maximum Gasteiger partial charge on any atom is 0.317 e. The standard InChI is InChI=1S/C18H26N2O2/c1-3-18(4-2)10-14(18)11-19-17(21)20-12-16(13-20)22-15-8-6-5-7-9-15/h5-9,14,16H,3-4,10-13H2,1-2H3,(H,19,21)/t14-/m1/s1. The molecule has 1 atom stereocenters. The van der Waals surface area contributed by atoms with Crippen molar-refractivity contribution in [3.63, 3.8) is 0 Å². The molecule has 0 bridgehead atoms. The van der Waals surface area contributed by atoms with E-state index in [9.17, 15) is 4.79 Å². The second kappa shape index (κ2) is 6.19. The monoisotopic (exact) mass is 302 g/mol. The number of urea groups is 1. The number of para-hydroxylation sites is 1. The molecule has 2 fully saturated rings. The molecule has 0 unspecified atom stereocenters. The van der Waals surface area contributed by atoms with Gasteiger partial charge in [-0.15, -0.1) is 0 Å². The van der Waals surface area contributed by atoms with Crippen LogP contribution in [0.5, 0.6) is 5.75 Å². The van der Waals surface area contributed by atoms with Crippen LogP contribution >= 0.6 is 0 Å². The number of rotatable bonds is 6. The average molecular weight is 302 g/mol. The Morgan fingerprint density at radius 1 is 1.27 bits per heavy atom. The number of benzene rings is 1. The lowest BCUT2D eigenvalue weighted by molar-refractivity contribution is 0.0443. The first-order chi connectivity index (χ1) is 10.7. The van der Waals surface area contributed by atoms with E-state index in [0.717, 1.165) is 12.3 Å². The van der Waals surface area contributed by atoms with Crippen LogP contribution < -0.4 is 10.1 Å². The van der Waals surface area contributed by atoms with Crippen LogP contribution in [-0.4, -0.2) is 36.7 Å². The molecule has 1 aromatic rings. The van der Waals surface area contributed by atoms with E-state index >= 15 is 0 Å². The number of likely N-dealkylation sites (tertiary alicyclic amines) is 1. The lowest BCUT2D eigenvalue weighted by Gasteiger charge is -2.38. The van der Waals surface area contributed by atoms with Crippen molar-refractivity contribution in [3.05, 3.63) is 30.3 Å². The van der Waals surface area contributed by atoms with E-state index in [1.807, 2.05) is 35.2 Å². The van der Waals surface area contributed by atoms with Crippen molar-refractivity contribution in [2.24, 2.45) is 11.3 Å². The van der Waals surface area contributed by atoms with Crippen molar-refractivity contribution < 1.29 is 9.53 Å². The van der Waals surface area contributed by atoms with Crippen LogP contribution in [0.25, 0.3) is 0 Å². The minimum Gasteiger partial charge on any atom is -0.487 e. The average Bonchev–Trinajstić information content (AvgIpc) is 3.23. The lowest BCUT2D eigenvalue weighted by atomic mass is 9.97. The van der Waals surface area contributed by atoms with Crippen LogP contribution in [0.3, 0.4) is 0 Å². The Morgan fingerprint density at radius 3 is 2.55 bits per heavy atom. The molecule has 0 spiro atoms. The van der Waals surface area contributed by atoms with E-state index in [4.69, 9.17) is 4.74 Å². The van der Waals surface area contributed by atoms with Crippen LogP contribution in [0, 0.1) is 11.3 Å². The topological polar surface area (TPSA) is 41.6 Å². The van der Waals surface area contributed by atoms with Crippen molar-refractivity contribution in [2.75, 3.05) is 19.6 Å². The van der Waals surface area contributed by atoms with E-state index in [0.29, 0.717) is 24.4 Å². The highest BCUT2D eigenvalue weighted by molar-refractivity contribution is 5.75. The van der Waals surface area contributed by atoms with Crippen molar-refractivity contribution >= 4 is 6.03 Å². The van der Waals surface area contributed by atoms with Gasteiger partial charge in [0.05, 0.1) is 13.1 Å². The molecule has 1 saturated carbocycles. The van der Waals surface area contributed by atoms with Crippen molar-refractivity contribution in [3.8, 4) is 5.75 Å². The van der Waals surface area contributed by atoms with Gasteiger partial charge < -0.3 is 15.0 Å². The molecular formula is C18H26N2O2. The summed E-state index contributed by atoms with van der Waals surface area (Å²) in [6.45, 7) is 6.69. The number of nitrogens with one attached hydrogen (secondary N) is 1. The van der Waals surface area contributed by atoms with Gasteiger partial charge in [0.1, 0.15) is 11.9 Å². The summed E-state index contributed by atoms with van der Waals surface area (Å²) < 4.78 is 5.81. The van der Waals surface area contributed by atoms with E-state index in [1.165, 1.54) is 19.3 Å². The Morgan fingerprint density at radius 2 is 1.95 bits per heavy atom. The number of hydrogen-bond acceptors (Lipinski definition) is 2. The molecule has 0 radical (unpaired) electrons. The Kier molecular flexibility index (Phi) is 4.27. The second-order valence-corrected chi connectivity index (χ2v) is 6.61. The normalized spacial score (nSPS) is 22.8. The van der Waals surface area contributed by atoms with Gasteiger partial charge in [0.2, 0.25) is 0 Å². The first kappa shape index (κ1) is 15.2. The first-order valence-electron chi connectivity index (χ1n) is 8.41. The van der Waals surface area contributed by atoms with E-state index in [-0.39, 0.29) is 12.1 Å². The Balaban J connectivity index is 1.36. The molecule has 4 nitrogen and oxygen atoms in total. The maximum absolute atomic E-state index is 12.1. The lowest BCUT2D eigenvalue weighted by Crippen LogP contribution is -2.59. The van der Waals surface area contributed by atoms with Gasteiger partial charge in [-0.1, -0.05) is 44.9 Å². The molecule has 22 heavy (non-hydrogen) atoms. The van der Waals surface area contributed by atoms with Crippen molar-refractivity contribution in [1.82, 2.24) is 10.2 Å². The summed E-state index contributed by atoms with van der Waals surface area (Å²) in [5.41, 5.74) is 0.501. The Hall–Kier alpha value is -1.71. The van der Waals surface area contributed by atoms with Crippen LogP contribution in [0.15, 0.2) is 30.3 Å². The third-order valence-corrected chi connectivity index (χ3v) is 5.45. The van der Waals surface area contributed by atoms with Gasteiger partial charge in [-0.3, -0.25) is 0 Å². The summed E-state index contributed by atoms with van der Waals surface area (Å²) in [4.78, 5) is 13.9. The van der Waals surface area contributed by atoms with E-state index in [2.05, 4.69) is 19.2 Å². The molecule has 1 heterocycles. The maximum atomic E-state index is 12.1. The summed E-state index contributed by atoms with van der Waals surface area (Å²) in [5.74, 6) is 1.55. The number of nitrogens with zero attached hydrogens (tertiary/aromatic N) is 1. The SMILES string of the molecule is CCC1(CC)C[C@@H]1CNC(=O)N1CC(Oc2ccccc2)C1. The summed E-state index contributed by atoms with van der Waals surface area (Å²) in [5, 5.41) is 3.09.